The number of hydrogen-bond acceptors (Lipinski definition) is 0. The van der Waals surface area contributed by atoms with Gasteiger partial charge in [0.1, 0.15) is 0 Å². The number of rotatable bonds is 12. The maximum absolute atomic E-state index is 2.47. The second kappa shape index (κ2) is 27.1. The Hall–Kier alpha value is -6.06. The standard InChI is InChI=1S/C38H36.C36H32.4CH3.2Hf/c1-25(2)24-38(5,32-20-30-14-8-16-34(36(30)22-32)28-12-6-10-26(3)18-28)33-21-31-15-9-17-35(37(31)23-33)29-13-7-11-27(4)19-29;1-25(2)24-36(3,30-20-28-16-10-18-32(34(28)22-30)26-12-6-4-7-13-26)31-21-29-17-11-19-33(35(29)23-31)27-14-8-5-9-15-27;;;;;;/h6-23,25H,24H2,1-5H3;4-23,25H,24H2,1-3H3;4*1H3;;/q2*-2;4*-1;2*+4. The first-order valence-corrected chi connectivity index (χ1v) is 26.9. The zero-order valence-corrected chi connectivity index (χ0v) is 56.7. The third-order valence-electron chi connectivity index (χ3n) is 16.0. The predicted molar refractivity (Wildman–Crippen MR) is 347 cm³/mol. The smallest absolute Gasteiger partial charge is 0.358 e. The van der Waals surface area contributed by atoms with Gasteiger partial charge in [-0.25, -0.2) is 0 Å². The molecule has 0 radical (unpaired) electrons. The minimum Gasteiger partial charge on any atom is -0.358 e. The van der Waals surface area contributed by atoms with E-state index in [9.17, 15) is 0 Å². The van der Waals surface area contributed by atoms with Gasteiger partial charge >= 0.3 is 51.7 Å². The van der Waals surface area contributed by atoms with E-state index >= 15 is 0 Å². The maximum Gasteiger partial charge on any atom is 4.00 e. The first-order valence-electron chi connectivity index (χ1n) is 26.9. The molecule has 12 rings (SSSR count). The Labute approximate surface area is 519 Å². The van der Waals surface area contributed by atoms with Crippen molar-refractivity contribution in [2.45, 2.75) is 79.1 Å². The Morgan fingerprint density at radius 3 is 0.825 bits per heavy atom. The molecule has 12 aromatic rings. The molecule has 0 nitrogen and oxygen atoms in total. The van der Waals surface area contributed by atoms with Crippen molar-refractivity contribution in [2.24, 2.45) is 11.8 Å². The van der Waals surface area contributed by atoms with E-state index in [4.69, 9.17) is 0 Å². The van der Waals surface area contributed by atoms with Crippen molar-refractivity contribution in [2.75, 3.05) is 0 Å². The van der Waals surface area contributed by atoms with Crippen LogP contribution in [0.5, 0.6) is 0 Å². The van der Waals surface area contributed by atoms with Crippen LogP contribution in [0.25, 0.3) is 87.6 Å². The summed E-state index contributed by atoms with van der Waals surface area (Å²) in [6, 6.07) is 85.7. The predicted octanol–water partition coefficient (Wildman–Crippen LogP) is 22.6. The Bertz CT molecular complexity index is 3660. The number of fused-ring (bicyclic) bond motifs is 4. The SMILES string of the molecule is CC(C)CC(C)(c1cc2c(-c3ccccc3)cccc2[cH-]1)c1cc2c(-c3ccccc3)cccc2[cH-]1.Cc1cccc(-c2cccc3[cH-]c(C(C)(CC(C)C)c4cc5c(-c6cccc(C)c6)cccc5[cH-]4)cc23)c1.[CH3-].[CH3-].[CH3-].[CH3-].[Hf+4].[Hf+4]. The van der Waals surface area contributed by atoms with Gasteiger partial charge in [0.2, 0.25) is 0 Å². The molecule has 0 fully saturated rings. The minimum atomic E-state index is -0.0834. The number of hydrogen-bond donors (Lipinski definition) is 0. The largest absolute Gasteiger partial charge is 4.00 e. The second-order valence-electron chi connectivity index (χ2n) is 22.5. The molecule has 0 aromatic heterocycles. The van der Waals surface area contributed by atoms with Gasteiger partial charge in [-0.2, -0.15) is 24.3 Å². The first-order chi connectivity index (χ1) is 35.8. The Kier molecular flexibility index (Phi) is 22.0. The van der Waals surface area contributed by atoms with Crippen LogP contribution in [0.2, 0.25) is 0 Å². The van der Waals surface area contributed by atoms with Crippen LogP contribution in [0.4, 0.5) is 0 Å². The van der Waals surface area contributed by atoms with Crippen LogP contribution in [0, 0.1) is 55.4 Å². The molecule has 0 N–H and O–H groups in total. The normalized spacial score (nSPS) is 11.2. The van der Waals surface area contributed by atoms with Crippen LogP contribution in [0.3, 0.4) is 0 Å². The van der Waals surface area contributed by atoms with E-state index < -0.39 is 0 Å². The fraction of sp³-hybridized carbons (Fsp3) is 0.179. The summed E-state index contributed by atoms with van der Waals surface area (Å²) in [4.78, 5) is 0. The van der Waals surface area contributed by atoms with Gasteiger partial charge in [-0.3, -0.25) is 0 Å². The van der Waals surface area contributed by atoms with Crippen LogP contribution in [-0.2, 0) is 62.5 Å². The van der Waals surface area contributed by atoms with Crippen LogP contribution < -0.4 is 0 Å². The molecule has 400 valence electrons. The summed E-state index contributed by atoms with van der Waals surface area (Å²) in [5, 5.41) is 10.7. The van der Waals surface area contributed by atoms with Crippen molar-refractivity contribution in [3.8, 4) is 44.5 Å². The fourth-order valence-corrected chi connectivity index (χ4v) is 12.5. The maximum atomic E-state index is 2.47. The van der Waals surface area contributed by atoms with E-state index in [0.29, 0.717) is 11.8 Å². The third kappa shape index (κ3) is 12.8. The molecule has 80 heavy (non-hydrogen) atoms. The van der Waals surface area contributed by atoms with Gasteiger partial charge < -0.3 is 29.7 Å². The average molecular weight is 1370 g/mol. The van der Waals surface area contributed by atoms with Crippen molar-refractivity contribution >= 4 is 43.1 Å². The van der Waals surface area contributed by atoms with Crippen molar-refractivity contribution in [3.05, 3.63) is 294 Å². The second-order valence-corrected chi connectivity index (χ2v) is 22.5. The van der Waals surface area contributed by atoms with E-state index in [1.165, 1.54) is 121 Å². The summed E-state index contributed by atoms with van der Waals surface area (Å²) < 4.78 is 0. The van der Waals surface area contributed by atoms with E-state index in [1.54, 1.807) is 0 Å². The van der Waals surface area contributed by atoms with E-state index in [0.717, 1.165) is 12.8 Å². The molecule has 0 bridgehead atoms. The molecule has 0 atom stereocenters. The molecule has 0 unspecified atom stereocenters. The molecular weight excluding hydrogens is 1290 g/mol. The number of aryl methyl sites for hydroxylation is 2. The molecule has 0 aliphatic heterocycles. The van der Waals surface area contributed by atoms with Crippen LogP contribution in [0.1, 0.15) is 87.8 Å². The summed E-state index contributed by atoms with van der Waals surface area (Å²) in [5.41, 5.74) is 18.5. The van der Waals surface area contributed by atoms with Crippen molar-refractivity contribution in [1.29, 1.82) is 0 Å². The Morgan fingerprint density at radius 1 is 0.312 bits per heavy atom. The summed E-state index contributed by atoms with van der Waals surface area (Å²) in [5.74, 6) is 1.15. The summed E-state index contributed by atoms with van der Waals surface area (Å²) in [7, 11) is 0. The summed E-state index contributed by atoms with van der Waals surface area (Å²) in [6.07, 6.45) is 2.19. The van der Waals surface area contributed by atoms with Gasteiger partial charge in [-0.05, 0) is 71.6 Å². The van der Waals surface area contributed by atoms with Gasteiger partial charge in [-0.1, -0.05) is 208 Å². The Morgan fingerprint density at radius 2 is 0.562 bits per heavy atom. The van der Waals surface area contributed by atoms with Crippen LogP contribution in [0.15, 0.2) is 231 Å². The molecule has 0 amide bonds. The molecule has 0 saturated carbocycles. The molecule has 0 saturated heterocycles. The molecule has 2 heteroatoms. The molecule has 0 heterocycles. The van der Waals surface area contributed by atoms with Crippen molar-refractivity contribution in [3.63, 3.8) is 0 Å². The quantitative estimate of drug-likeness (QED) is 0.0845. The fourth-order valence-electron chi connectivity index (χ4n) is 12.5. The number of benzene rings is 8. The van der Waals surface area contributed by atoms with Gasteiger partial charge in [-0.15, -0.1) is 138 Å². The van der Waals surface area contributed by atoms with E-state index in [1.807, 2.05) is 0 Å². The van der Waals surface area contributed by atoms with E-state index in [2.05, 4.69) is 286 Å². The van der Waals surface area contributed by atoms with Crippen molar-refractivity contribution < 1.29 is 51.7 Å². The van der Waals surface area contributed by atoms with Crippen LogP contribution in [-0.4, -0.2) is 0 Å². The average Bonchev–Trinajstić information content (AvgIpc) is 4.34. The van der Waals surface area contributed by atoms with Crippen LogP contribution >= 0.6 is 0 Å². The zero-order valence-electron chi connectivity index (χ0n) is 49.5. The topological polar surface area (TPSA) is 0 Å². The Balaban J connectivity index is 0.000000274. The minimum absolute atomic E-state index is 0. The molecule has 12 aromatic carbocycles. The summed E-state index contributed by atoms with van der Waals surface area (Å²) in [6.45, 7) is 18.6. The molecule has 0 aliphatic carbocycles. The van der Waals surface area contributed by atoms with Gasteiger partial charge in [0.25, 0.3) is 0 Å². The van der Waals surface area contributed by atoms with E-state index in [-0.39, 0.29) is 92.2 Å². The molecule has 0 spiro atoms. The van der Waals surface area contributed by atoms with Gasteiger partial charge in [0, 0.05) is 0 Å². The molecule has 0 aliphatic rings. The van der Waals surface area contributed by atoms with Crippen molar-refractivity contribution in [1.82, 2.24) is 0 Å². The van der Waals surface area contributed by atoms with Gasteiger partial charge in [0.15, 0.2) is 0 Å². The molecular formula is C78H80Hf2. The first kappa shape index (κ1) is 64.8. The zero-order chi connectivity index (χ0) is 51.1. The monoisotopic (exact) mass is 1380 g/mol. The third-order valence-corrected chi connectivity index (χ3v) is 16.0. The van der Waals surface area contributed by atoms with Gasteiger partial charge in [0.05, 0.1) is 0 Å². The summed E-state index contributed by atoms with van der Waals surface area (Å²) >= 11 is 0.